The molecule has 0 aliphatic carbocycles. The molecule has 1 aromatic carbocycles. The van der Waals surface area contributed by atoms with E-state index in [1.807, 2.05) is 0 Å². The summed E-state index contributed by atoms with van der Waals surface area (Å²) in [7, 11) is 0. The second kappa shape index (κ2) is 8.03. The van der Waals surface area contributed by atoms with Crippen LogP contribution in [0.25, 0.3) is 0 Å². The van der Waals surface area contributed by atoms with E-state index in [9.17, 15) is 0 Å². The van der Waals surface area contributed by atoms with Crippen molar-refractivity contribution in [3.8, 4) is 0 Å². The van der Waals surface area contributed by atoms with Crippen LogP contribution in [-0.2, 0) is 10.2 Å². The molecule has 4 heteroatoms. The Hall–Kier alpha value is 0.620. The van der Waals surface area contributed by atoms with Crippen LogP contribution in [0, 0.1) is 0 Å². The average Bonchev–Trinajstić information content (AvgIpc) is 2.36. The van der Waals surface area contributed by atoms with Gasteiger partial charge in [0.25, 0.3) is 0 Å². The zero-order valence-corrected chi connectivity index (χ0v) is 15.5. The number of rotatable bonds is 7. The zero-order chi connectivity index (χ0) is 13.6. The molecular formula is C14H19Br3O. The van der Waals surface area contributed by atoms with Crippen molar-refractivity contribution in [2.45, 2.75) is 31.8 Å². The van der Waals surface area contributed by atoms with Gasteiger partial charge in [-0.2, -0.15) is 0 Å². The standard InChI is InChI=1S/C14H19Br3O/c1-11(2)18-8-7-14(9-15,10-16)12-3-5-13(17)6-4-12/h3-6,11H,7-10H2,1-2H3. The highest BCUT2D eigenvalue weighted by Gasteiger charge is 2.29. The minimum absolute atomic E-state index is 0.0928. The van der Waals surface area contributed by atoms with Crippen molar-refractivity contribution in [2.24, 2.45) is 0 Å². The van der Waals surface area contributed by atoms with E-state index in [1.54, 1.807) is 0 Å². The quantitative estimate of drug-likeness (QED) is 0.521. The Bertz CT molecular complexity index is 345. The van der Waals surface area contributed by atoms with Gasteiger partial charge in [0, 0.05) is 27.2 Å². The molecule has 0 heterocycles. The normalized spacial score (nSPS) is 12.1. The van der Waals surface area contributed by atoms with Crippen molar-refractivity contribution < 1.29 is 4.74 Å². The second-order valence-electron chi connectivity index (χ2n) is 4.72. The lowest BCUT2D eigenvalue weighted by Gasteiger charge is -2.31. The molecule has 1 aromatic rings. The van der Waals surface area contributed by atoms with Gasteiger partial charge in [0.15, 0.2) is 0 Å². The molecule has 0 saturated heterocycles. The van der Waals surface area contributed by atoms with Crippen LogP contribution in [0.4, 0.5) is 0 Å². The smallest absolute Gasteiger partial charge is 0.0518 e. The summed E-state index contributed by atoms with van der Waals surface area (Å²) in [6, 6.07) is 8.56. The van der Waals surface area contributed by atoms with Crippen LogP contribution in [0.2, 0.25) is 0 Å². The van der Waals surface area contributed by atoms with E-state index in [0.717, 1.165) is 28.2 Å². The maximum absolute atomic E-state index is 5.70. The fraction of sp³-hybridized carbons (Fsp3) is 0.571. The van der Waals surface area contributed by atoms with Crippen molar-refractivity contribution in [3.63, 3.8) is 0 Å². The number of hydrogen-bond acceptors (Lipinski definition) is 1. The summed E-state index contributed by atoms with van der Waals surface area (Å²) in [6.07, 6.45) is 1.29. The molecule has 0 spiro atoms. The van der Waals surface area contributed by atoms with Gasteiger partial charge in [-0.1, -0.05) is 59.9 Å². The molecule has 18 heavy (non-hydrogen) atoms. The molecule has 0 N–H and O–H groups in total. The summed E-state index contributed by atoms with van der Waals surface area (Å²) in [6.45, 7) is 4.93. The predicted octanol–water partition coefficient (Wildman–Crippen LogP) is 5.29. The summed E-state index contributed by atoms with van der Waals surface area (Å²) >= 11 is 10.8. The lowest BCUT2D eigenvalue weighted by molar-refractivity contribution is 0.0682. The summed E-state index contributed by atoms with van der Waals surface area (Å²) in [5.74, 6) is 0. The van der Waals surface area contributed by atoms with Gasteiger partial charge < -0.3 is 4.74 Å². The van der Waals surface area contributed by atoms with Crippen molar-refractivity contribution in [2.75, 3.05) is 17.3 Å². The molecule has 0 aromatic heterocycles. The Kier molecular flexibility index (Phi) is 7.44. The molecule has 0 aliphatic rings. The molecule has 1 rings (SSSR count). The molecule has 0 aliphatic heterocycles. The van der Waals surface area contributed by atoms with Gasteiger partial charge in [-0.3, -0.25) is 0 Å². The summed E-state index contributed by atoms with van der Waals surface area (Å²) < 4.78 is 6.81. The highest BCUT2D eigenvalue weighted by molar-refractivity contribution is 9.10. The number of ether oxygens (including phenoxy) is 1. The molecule has 0 radical (unpaired) electrons. The van der Waals surface area contributed by atoms with Gasteiger partial charge in [0.05, 0.1) is 6.10 Å². The third-order valence-electron chi connectivity index (χ3n) is 3.00. The zero-order valence-electron chi connectivity index (χ0n) is 10.8. The third kappa shape index (κ3) is 4.62. The fourth-order valence-corrected chi connectivity index (χ4v) is 4.16. The monoisotopic (exact) mass is 440 g/mol. The molecule has 1 nitrogen and oxygen atoms in total. The molecule has 0 atom stereocenters. The van der Waals surface area contributed by atoms with Crippen LogP contribution in [-0.4, -0.2) is 23.4 Å². The van der Waals surface area contributed by atoms with Crippen LogP contribution in [0.1, 0.15) is 25.8 Å². The number of alkyl halides is 2. The second-order valence-corrected chi connectivity index (χ2v) is 6.76. The van der Waals surface area contributed by atoms with Crippen LogP contribution in [0.3, 0.4) is 0 Å². The van der Waals surface area contributed by atoms with Gasteiger partial charge in [-0.05, 0) is 38.0 Å². The van der Waals surface area contributed by atoms with E-state index in [-0.39, 0.29) is 5.41 Å². The lowest BCUT2D eigenvalue weighted by atomic mass is 9.82. The van der Waals surface area contributed by atoms with E-state index < -0.39 is 0 Å². The lowest BCUT2D eigenvalue weighted by Crippen LogP contribution is -2.32. The van der Waals surface area contributed by atoms with Crippen LogP contribution < -0.4 is 0 Å². The summed E-state index contributed by atoms with van der Waals surface area (Å²) in [4.78, 5) is 0. The molecule has 0 saturated carbocycles. The van der Waals surface area contributed by atoms with Gasteiger partial charge in [-0.25, -0.2) is 0 Å². The average molecular weight is 443 g/mol. The van der Waals surface area contributed by atoms with E-state index in [0.29, 0.717) is 6.10 Å². The fourth-order valence-electron chi connectivity index (χ4n) is 1.76. The van der Waals surface area contributed by atoms with Crippen molar-refractivity contribution >= 4 is 47.8 Å². The van der Waals surface area contributed by atoms with E-state index in [4.69, 9.17) is 4.74 Å². The Balaban J connectivity index is 2.81. The molecular weight excluding hydrogens is 424 g/mol. The van der Waals surface area contributed by atoms with Crippen molar-refractivity contribution in [3.05, 3.63) is 34.3 Å². The van der Waals surface area contributed by atoms with Gasteiger partial charge in [0.2, 0.25) is 0 Å². The number of hydrogen-bond donors (Lipinski definition) is 0. The Morgan fingerprint density at radius 3 is 2.11 bits per heavy atom. The number of halogens is 3. The molecule has 0 fully saturated rings. The SMILES string of the molecule is CC(C)OCCC(CBr)(CBr)c1ccc(Br)cc1. The highest BCUT2D eigenvalue weighted by atomic mass is 79.9. The molecule has 0 unspecified atom stereocenters. The van der Waals surface area contributed by atoms with E-state index >= 15 is 0 Å². The van der Waals surface area contributed by atoms with Crippen LogP contribution in [0.15, 0.2) is 28.7 Å². The van der Waals surface area contributed by atoms with Crippen molar-refractivity contribution in [1.29, 1.82) is 0 Å². The minimum Gasteiger partial charge on any atom is -0.379 e. The largest absolute Gasteiger partial charge is 0.379 e. The first-order valence-corrected chi connectivity index (χ1v) is 9.07. The predicted molar refractivity (Wildman–Crippen MR) is 89.1 cm³/mol. The first kappa shape index (κ1) is 16.7. The maximum Gasteiger partial charge on any atom is 0.0518 e. The molecule has 102 valence electrons. The third-order valence-corrected chi connectivity index (χ3v) is 5.68. The van der Waals surface area contributed by atoms with Gasteiger partial charge in [-0.15, -0.1) is 0 Å². The first-order valence-electron chi connectivity index (χ1n) is 6.03. The summed E-state index contributed by atoms with van der Waals surface area (Å²) in [5.41, 5.74) is 1.43. The summed E-state index contributed by atoms with van der Waals surface area (Å²) in [5, 5.41) is 1.85. The molecule has 0 bridgehead atoms. The van der Waals surface area contributed by atoms with Crippen molar-refractivity contribution in [1.82, 2.24) is 0 Å². The molecule has 0 amide bonds. The number of benzene rings is 1. The highest BCUT2D eigenvalue weighted by Crippen LogP contribution is 2.33. The van der Waals surface area contributed by atoms with Crippen LogP contribution >= 0.6 is 47.8 Å². The maximum atomic E-state index is 5.70. The Morgan fingerprint density at radius 2 is 1.67 bits per heavy atom. The van der Waals surface area contributed by atoms with Crippen LogP contribution in [0.5, 0.6) is 0 Å². The van der Waals surface area contributed by atoms with E-state index in [2.05, 4.69) is 85.9 Å². The van der Waals surface area contributed by atoms with Gasteiger partial charge in [0.1, 0.15) is 0 Å². The Morgan fingerprint density at radius 1 is 1.11 bits per heavy atom. The topological polar surface area (TPSA) is 9.23 Å². The minimum atomic E-state index is 0.0928. The Labute approximate surface area is 135 Å². The van der Waals surface area contributed by atoms with Gasteiger partial charge >= 0.3 is 0 Å². The van der Waals surface area contributed by atoms with E-state index in [1.165, 1.54) is 5.56 Å². The first-order chi connectivity index (χ1) is 8.54.